The highest BCUT2D eigenvalue weighted by atomic mass is 16.6. The predicted molar refractivity (Wildman–Crippen MR) is 302 cm³/mol. The van der Waals surface area contributed by atoms with Gasteiger partial charge in [0, 0.05) is 19.3 Å². The van der Waals surface area contributed by atoms with Gasteiger partial charge in [0.05, 0.1) is 0 Å². The van der Waals surface area contributed by atoms with E-state index >= 15 is 0 Å². The number of rotatable bonds is 51. The predicted octanol–water partition coefficient (Wildman–Crippen LogP) is 19.5. The van der Waals surface area contributed by atoms with Gasteiger partial charge >= 0.3 is 17.9 Å². The van der Waals surface area contributed by atoms with E-state index in [9.17, 15) is 14.4 Å². The quantitative estimate of drug-likeness (QED) is 0.0199. The highest BCUT2D eigenvalue weighted by Crippen LogP contribution is 2.15. The normalized spacial score (nSPS) is 12.9. The lowest BCUT2D eigenvalue weighted by molar-refractivity contribution is -0.166. The molecule has 70 heavy (non-hydrogen) atoms. The molecule has 0 radical (unpaired) electrons. The van der Waals surface area contributed by atoms with Crippen LogP contribution in [0.5, 0.6) is 0 Å². The van der Waals surface area contributed by atoms with E-state index in [1.165, 1.54) is 128 Å². The molecule has 0 aliphatic heterocycles. The van der Waals surface area contributed by atoms with Crippen LogP contribution in [0.2, 0.25) is 0 Å². The van der Waals surface area contributed by atoms with Crippen LogP contribution in [0.15, 0.2) is 109 Å². The molecule has 0 spiro atoms. The maximum Gasteiger partial charge on any atom is 0.306 e. The fourth-order valence-corrected chi connectivity index (χ4v) is 7.69. The smallest absolute Gasteiger partial charge is 0.306 e. The first-order valence-corrected chi connectivity index (χ1v) is 28.9. The van der Waals surface area contributed by atoms with E-state index in [-0.39, 0.29) is 37.5 Å². The van der Waals surface area contributed by atoms with Crippen molar-refractivity contribution >= 4 is 17.9 Å². The highest BCUT2D eigenvalue weighted by Gasteiger charge is 2.19. The van der Waals surface area contributed by atoms with Crippen molar-refractivity contribution in [2.75, 3.05) is 13.2 Å². The molecule has 1 unspecified atom stereocenters. The van der Waals surface area contributed by atoms with Gasteiger partial charge in [0.25, 0.3) is 0 Å². The summed E-state index contributed by atoms with van der Waals surface area (Å²) in [6.45, 7) is 6.40. The van der Waals surface area contributed by atoms with Crippen molar-refractivity contribution in [3.8, 4) is 0 Å². The zero-order valence-electron chi connectivity index (χ0n) is 45.5. The summed E-state index contributed by atoms with van der Waals surface area (Å²) < 4.78 is 16.8. The number of carbonyl (C=O) groups excluding carboxylic acids is 3. The van der Waals surface area contributed by atoms with Crippen molar-refractivity contribution in [1.82, 2.24) is 0 Å². The molecule has 6 heteroatoms. The average Bonchev–Trinajstić information content (AvgIpc) is 3.36. The second-order valence-electron chi connectivity index (χ2n) is 18.8. The molecule has 0 saturated heterocycles. The summed E-state index contributed by atoms with van der Waals surface area (Å²) in [5, 5.41) is 0. The third kappa shape index (κ3) is 55.0. The third-order valence-corrected chi connectivity index (χ3v) is 12.0. The first kappa shape index (κ1) is 66.1. The Morgan fingerprint density at radius 1 is 0.314 bits per heavy atom. The summed E-state index contributed by atoms with van der Waals surface area (Å²) in [5.41, 5.74) is 0. The van der Waals surface area contributed by atoms with E-state index < -0.39 is 6.10 Å². The lowest BCUT2D eigenvalue weighted by Crippen LogP contribution is -2.30. The molecule has 6 nitrogen and oxygen atoms in total. The van der Waals surface area contributed by atoms with Crippen LogP contribution in [-0.2, 0) is 28.6 Å². The monoisotopic (exact) mass is 971 g/mol. The molecule has 0 aromatic heterocycles. The van der Waals surface area contributed by atoms with Gasteiger partial charge in [-0.15, -0.1) is 0 Å². The number of ether oxygens (including phenoxy) is 3. The molecule has 0 N–H and O–H groups in total. The van der Waals surface area contributed by atoms with Crippen molar-refractivity contribution in [3.05, 3.63) is 109 Å². The van der Waals surface area contributed by atoms with Gasteiger partial charge in [0.1, 0.15) is 13.2 Å². The third-order valence-electron chi connectivity index (χ3n) is 12.0. The van der Waals surface area contributed by atoms with E-state index in [0.717, 1.165) is 83.5 Å². The van der Waals surface area contributed by atoms with E-state index in [1.807, 2.05) is 6.08 Å². The summed E-state index contributed by atoms with van der Waals surface area (Å²) in [7, 11) is 0. The number of carbonyl (C=O) groups is 3. The van der Waals surface area contributed by atoms with Crippen LogP contribution in [0.25, 0.3) is 0 Å². The molecular weight excluding hydrogens is 865 g/mol. The van der Waals surface area contributed by atoms with Gasteiger partial charge in [-0.2, -0.15) is 0 Å². The van der Waals surface area contributed by atoms with E-state index in [1.54, 1.807) is 0 Å². The second kappa shape index (κ2) is 57.6. The summed E-state index contributed by atoms with van der Waals surface area (Å²) >= 11 is 0. The molecule has 0 saturated carbocycles. The van der Waals surface area contributed by atoms with E-state index in [2.05, 4.69) is 124 Å². The fraction of sp³-hybridized carbons (Fsp3) is 0.672. The largest absolute Gasteiger partial charge is 0.462 e. The molecule has 0 aliphatic carbocycles. The van der Waals surface area contributed by atoms with Gasteiger partial charge in [-0.25, -0.2) is 0 Å². The average molecular weight is 972 g/mol. The maximum atomic E-state index is 12.9. The van der Waals surface area contributed by atoms with Crippen molar-refractivity contribution < 1.29 is 28.6 Å². The molecule has 0 rings (SSSR count). The molecule has 0 aromatic rings. The second-order valence-corrected chi connectivity index (χ2v) is 18.8. The number of esters is 3. The minimum atomic E-state index is -0.816. The Balaban J connectivity index is 4.49. The van der Waals surface area contributed by atoms with Gasteiger partial charge in [-0.3, -0.25) is 14.4 Å². The highest BCUT2D eigenvalue weighted by molar-refractivity contribution is 5.71. The Labute approximate surface area is 431 Å². The van der Waals surface area contributed by atoms with Crippen molar-refractivity contribution in [2.45, 2.75) is 264 Å². The maximum absolute atomic E-state index is 12.9. The molecule has 0 amide bonds. The molecule has 0 aromatic carbocycles. The summed E-state index contributed by atoms with van der Waals surface area (Å²) in [6.07, 6.45) is 78.0. The zero-order valence-corrected chi connectivity index (χ0v) is 45.5. The lowest BCUT2D eigenvalue weighted by Gasteiger charge is -2.18. The Morgan fingerprint density at radius 2 is 0.629 bits per heavy atom. The van der Waals surface area contributed by atoms with Crippen LogP contribution in [-0.4, -0.2) is 37.2 Å². The Kier molecular flexibility index (Phi) is 54.4. The molecule has 0 fully saturated rings. The Morgan fingerprint density at radius 3 is 1.04 bits per heavy atom. The van der Waals surface area contributed by atoms with Crippen LogP contribution < -0.4 is 0 Å². The topological polar surface area (TPSA) is 78.9 Å². The SMILES string of the molecule is CC/C=C\C/C=C\C/C=C\C/C=C\C/C=C\CCC(=O)OCC(COC(=O)CCCCCCCCCCCC/C=C\C=C/CCCCC)OC(=O)CCCCCCCCC/C=C\C/C=C\CCCCC. The van der Waals surface area contributed by atoms with Gasteiger partial charge in [0.15, 0.2) is 6.10 Å². The van der Waals surface area contributed by atoms with E-state index in [4.69, 9.17) is 14.2 Å². The van der Waals surface area contributed by atoms with Crippen LogP contribution >= 0.6 is 0 Å². The van der Waals surface area contributed by atoms with Crippen molar-refractivity contribution in [1.29, 1.82) is 0 Å². The van der Waals surface area contributed by atoms with Gasteiger partial charge in [-0.1, -0.05) is 239 Å². The molecular formula is C64H106O6. The summed E-state index contributed by atoms with van der Waals surface area (Å²) in [6, 6.07) is 0. The minimum Gasteiger partial charge on any atom is -0.462 e. The first-order chi connectivity index (χ1) is 34.5. The minimum absolute atomic E-state index is 0.107. The Bertz CT molecular complexity index is 1440. The van der Waals surface area contributed by atoms with Crippen molar-refractivity contribution in [3.63, 3.8) is 0 Å². The molecule has 0 aliphatic rings. The van der Waals surface area contributed by atoms with Gasteiger partial charge in [0.2, 0.25) is 0 Å². The van der Waals surface area contributed by atoms with Gasteiger partial charge < -0.3 is 14.2 Å². The Hall–Kier alpha value is -3.93. The molecule has 0 heterocycles. The molecule has 398 valence electrons. The van der Waals surface area contributed by atoms with Crippen LogP contribution in [0, 0.1) is 0 Å². The molecule has 1 atom stereocenters. The standard InChI is InChI=1S/C64H106O6/c1-4-7-10-13-16-19-22-25-28-31-32-34-36-39-42-45-48-51-54-57-63(66)69-60-61(59-68-62(65)56-53-50-47-44-41-38-35-30-27-24-21-18-15-12-9-6-3)70-64(67)58-55-52-49-46-43-40-37-33-29-26-23-20-17-14-11-8-5-2/h9,12,16-22,25-27,29-30,38,41,47,50,61H,4-8,10-11,13-15,23-24,28,31-37,39-40,42-46,48-49,51-60H2,1-3H3/b12-9-,19-16-,20-17-,21-18-,25-22-,29-26-,30-27-,41-38-,50-47-. The zero-order chi connectivity index (χ0) is 50.7. The number of hydrogen-bond acceptors (Lipinski definition) is 6. The van der Waals surface area contributed by atoms with Crippen molar-refractivity contribution in [2.24, 2.45) is 0 Å². The van der Waals surface area contributed by atoms with Crippen LogP contribution in [0.1, 0.15) is 258 Å². The van der Waals surface area contributed by atoms with Crippen LogP contribution in [0.4, 0.5) is 0 Å². The number of allylic oxidation sites excluding steroid dienone is 18. The fourth-order valence-electron chi connectivity index (χ4n) is 7.69. The number of unbranched alkanes of at least 4 members (excludes halogenated alkanes) is 23. The van der Waals surface area contributed by atoms with Crippen LogP contribution in [0.3, 0.4) is 0 Å². The van der Waals surface area contributed by atoms with E-state index in [0.29, 0.717) is 19.3 Å². The lowest BCUT2D eigenvalue weighted by atomic mass is 10.1. The van der Waals surface area contributed by atoms with Gasteiger partial charge in [-0.05, 0) is 109 Å². The number of hydrogen-bond donors (Lipinski definition) is 0. The summed E-state index contributed by atoms with van der Waals surface area (Å²) in [5.74, 6) is -1.00. The summed E-state index contributed by atoms with van der Waals surface area (Å²) in [4.78, 5) is 38.2. The first-order valence-electron chi connectivity index (χ1n) is 28.9. The molecule has 0 bridgehead atoms.